The Hall–Kier alpha value is -0.0400. The van der Waals surface area contributed by atoms with Gasteiger partial charge in [0.1, 0.15) is 0 Å². The van der Waals surface area contributed by atoms with Gasteiger partial charge >= 0.3 is 0 Å². The Morgan fingerprint density at radius 1 is 0.923 bits per heavy atom. The average Bonchev–Trinajstić information content (AvgIpc) is 2.18. The van der Waals surface area contributed by atoms with Crippen LogP contribution in [0.25, 0.3) is 0 Å². The van der Waals surface area contributed by atoms with E-state index in [1.807, 2.05) is 0 Å². The molecule has 2 saturated carbocycles. The molecule has 1 heteroatoms. The maximum Gasteiger partial charge on any atom is 0.0433 e. The highest BCUT2D eigenvalue weighted by molar-refractivity contribution is 4.82. The molecular weight excluding hydrogens is 160 g/mol. The standard InChI is InChI=1S/C12H22O/c13-8-7-10-5-6-11-3-1-2-4-12(11)9-10/h10-13H,1-9H2/t10?,11-,12+/m1/s1. The highest BCUT2D eigenvalue weighted by Crippen LogP contribution is 2.43. The van der Waals surface area contributed by atoms with E-state index < -0.39 is 0 Å². The van der Waals surface area contributed by atoms with Crippen LogP contribution in [0.1, 0.15) is 51.4 Å². The Kier molecular flexibility index (Phi) is 3.26. The Morgan fingerprint density at radius 3 is 2.46 bits per heavy atom. The molecule has 0 radical (unpaired) electrons. The second-order valence-corrected chi connectivity index (χ2v) is 5.00. The van der Waals surface area contributed by atoms with Crippen molar-refractivity contribution >= 4 is 0 Å². The summed E-state index contributed by atoms with van der Waals surface area (Å²) < 4.78 is 0. The van der Waals surface area contributed by atoms with E-state index >= 15 is 0 Å². The number of fused-ring (bicyclic) bond motifs is 1. The number of rotatable bonds is 2. The van der Waals surface area contributed by atoms with Crippen molar-refractivity contribution in [2.45, 2.75) is 51.4 Å². The third-order valence-corrected chi connectivity index (χ3v) is 4.19. The lowest BCUT2D eigenvalue weighted by molar-refractivity contribution is 0.113. The summed E-state index contributed by atoms with van der Waals surface area (Å²) in [4.78, 5) is 0. The SMILES string of the molecule is OCCC1CC[C@H]2CCCC[C@H]2C1. The molecule has 13 heavy (non-hydrogen) atoms. The second kappa shape index (κ2) is 4.45. The third-order valence-electron chi connectivity index (χ3n) is 4.19. The van der Waals surface area contributed by atoms with E-state index in [2.05, 4.69) is 0 Å². The summed E-state index contributed by atoms with van der Waals surface area (Å²) in [5, 5.41) is 8.91. The minimum absolute atomic E-state index is 0.405. The van der Waals surface area contributed by atoms with E-state index in [9.17, 15) is 0 Å². The van der Waals surface area contributed by atoms with Crippen LogP contribution < -0.4 is 0 Å². The minimum Gasteiger partial charge on any atom is -0.396 e. The first-order valence-corrected chi connectivity index (χ1v) is 6.01. The van der Waals surface area contributed by atoms with Crippen molar-refractivity contribution in [3.63, 3.8) is 0 Å². The van der Waals surface area contributed by atoms with E-state index in [1.165, 1.54) is 44.9 Å². The van der Waals surface area contributed by atoms with Crippen molar-refractivity contribution in [1.29, 1.82) is 0 Å². The Morgan fingerprint density at radius 2 is 1.69 bits per heavy atom. The highest BCUT2D eigenvalue weighted by Gasteiger charge is 2.31. The van der Waals surface area contributed by atoms with Crippen LogP contribution in [-0.4, -0.2) is 11.7 Å². The van der Waals surface area contributed by atoms with Crippen LogP contribution in [0.4, 0.5) is 0 Å². The Bertz CT molecular complexity index is 155. The van der Waals surface area contributed by atoms with Crippen LogP contribution >= 0.6 is 0 Å². The quantitative estimate of drug-likeness (QED) is 0.696. The first-order chi connectivity index (χ1) is 6.40. The normalized spacial score (nSPS) is 39.9. The van der Waals surface area contributed by atoms with Crippen molar-refractivity contribution in [2.75, 3.05) is 6.61 Å². The topological polar surface area (TPSA) is 20.2 Å². The molecule has 2 fully saturated rings. The van der Waals surface area contributed by atoms with Crippen LogP contribution in [0.2, 0.25) is 0 Å². The van der Waals surface area contributed by atoms with Gasteiger partial charge in [-0.05, 0) is 37.0 Å². The van der Waals surface area contributed by atoms with Crippen molar-refractivity contribution < 1.29 is 5.11 Å². The molecule has 0 amide bonds. The van der Waals surface area contributed by atoms with Gasteiger partial charge in [0.05, 0.1) is 0 Å². The van der Waals surface area contributed by atoms with Crippen LogP contribution in [0, 0.1) is 17.8 Å². The summed E-state index contributed by atoms with van der Waals surface area (Å²) in [6.45, 7) is 0.405. The summed E-state index contributed by atoms with van der Waals surface area (Å²) in [5.74, 6) is 2.94. The molecule has 3 atom stereocenters. The maximum absolute atomic E-state index is 8.91. The van der Waals surface area contributed by atoms with Crippen LogP contribution in [0.15, 0.2) is 0 Å². The lowest BCUT2D eigenvalue weighted by Gasteiger charge is -2.39. The smallest absolute Gasteiger partial charge is 0.0433 e. The van der Waals surface area contributed by atoms with Crippen LogP contribution in [0.3, 0.4) is 0 Å². The molecule has 2 aliphatic carbocycles. The molecule has 0 aromatic rings. The van der Waals surface area contributed by atoms with E-state index in [0.717, 1.165) is 24.2 Å². The Labute approximate surface area is 81.5 Å². The van der Waals surface area contributed by atoms with E-state index in [0.29, 0.717) is 6.61 Å². The molecule has 1 N–H and O–H groups in total. The molecule has 0 heterocycles. The van der Waals surface area contributed by atoms with E-state index in [4.69, 9.17) is 5.11 Å². The van der Waals surface area contributed by atoms with E-state index in [1.54, 1.807) is 0 Å². The van der Waals surface area contributed by atoms with Gasteiger partial charge in [0, 0.05) is 6.61 Å². The predicted molar refractivity (Wildman–Crippen MR) is 54.5 cm³/mol. The van der Waals surface area contributed by atoms with Crippen LogP contribution in [-0.2, 0) is 0 Å². The fourth-order valence-corrected chi connectivity index (χ4v) is 3.42. The van der Waals surface area contributed by atoms with Gasteiger partial charge in [0.25, 0.3) is 0 Å². The lowest BCUT2D eigenvalue weighted by Crippen LogP contribution is -2.28. The molecular formula is C12H22O. The first kappa shape index (κ1) is 9.51. The minimum atomic E-state index is 0.405. The van der Waals surface area contributed by atoms with Gasteiger partial charge in [-0.1, -0.05) is 32.1 Å². The summed E-state index contributed by atoms with van der Waals surface area (Å²) in [6, 6.07) is 0. The molecule has 0 aromatic carbocycles. The monoisotopic (exact) mass is 182 g/mol. The second-order valence-electron chi connectivity index (χ2n) is 5.00. The lowest BCUT2D eigenvalue weighted by atomic mass is 9.67. The third kappa shape index (κ3) is 2.25. The summed E-state index contributed by atoms with van der Waals surface area (Å²) in [7, 11) is 0. The zero-order valence-corrected chi connectivity index (χ0v) is 8.54. The fourth-order valence-electron chi connectivity index (χ4n) is 3.42. The number of hydrogen-bond donors (Lipinski definition) is 1. The molecule has 0 aromatic heterocycles. The van der Waals surface area contributed by atoms with Crippen LogP contribution in [0.5, 0.6) is 0 Å². The molecule has 76 valence electrons. The van der Waals surface area contributed by atoms with Gasteiger partial charge in [0.2, 0.25) is 0 Å². The van der Waals surface area contributed by atoms with Crippen molar-refractivity contribution in [3.05, 3.63) is 0 Å². The highest BCUT2D eigenvalue weighted by atomic mass is 16.3. The van der Waals surface area contributed by atoms with Gasteiger partial charge in [0.15, 0.2) is 0 Å². The largest absolute Gasteiger partial charge is 0.396 e. The maximum atomic E-state index is 8.91. The van der Waals surface area contributed by atoms with Gasteiger partial charge in [-0.25, -0.2) is 0 Å². The zero-order valence-electron chi connectivity index (χ0n) is 8.54. The molecule has 0 aliphatic heterocycles. The molecule has 1 nitrogen and oxygen atoms in total. The number of hydrogen-bond acceptors (Lipinski definition) is 1. The molecule has 1 unspecified atom stereocenters. The van der Waals surface area contributed by atoms with Gasteiger partial charge in [-0.2, -0.15) is 0 Å². The summed E-state index contributed by atoms with van der Waals surface area (Å²) >= 11 is 0. The molecule has 2 rings (SSSR count). The van der Waals surface area contributed by atoms with Crippen molar-refractivity contribution in [3.8, 4) is 0 Å². The summed E-state index contributed by atoms with van der Waals surface area (Å²) in [5.41, 5.74) is 0. The summed E-state index contributed by atoms with van der Waals surface area (Å²) in [6.07, 6.45) is 11.2. The Balaban J connectivity index is 1.84. The number of aliphatic hydroxyl groups excluding tert-OH is 1. The van der Waals surface area contributed by atoms with E-state index in [-0.39, 0.29) is 0 Å². The first-order valence-electron chi connectivity index (χ1n) is 6.01. The van der Waals surface area contributed by atoms with Crippen molar-refractivity contribution in [2.24, 2.45) is 17.8 Å². The predicted octanol–water partition coefficient (Wildman–Crippen LogP) is 2.98. The molecule has 2 aliphatic rings. The van der Waals surface area contributed by atoms with Crippen molar-refractivity contribution in [1.82, 2.24) is 0 Å². The van der Waals surface area contributed by atoms with Gasteiger partial charge in [-0.15, -0.1) is 0 Å². The molecule has 0 spiro atoms. The number of aliphatic hydroxyl groups is 1. The fraction of sp³-hybridized carbons (Fsp3) is 1.00. The zero-order chi connectivity index (χ0) is 9.10. The average molecular weight is 182 g/mol. The molecule has 0 bridgehead atoms. The molecule has 0 saturated heterocycles. The van der Waals surface area contributed by atoms with Gasteiger partial charge in [-0.3, -0.25) is 0 Å². The van der Waals surface area contributed by atoms with Gasteiger partial charge < -0.3 is 5.11 Å².